The molecule has 0 radical (unpaired) electrons. The smallest absolute Gasteiger partial charge is 0.0637 e. The van der Waals surface area contributed by atoms with Gasteiger partial charge in [0, 0.05) is 6.54 Å². The molecule has 3 heteroatoms. The van der Waals surface area contributed by atoms with Gasteiger partial charge in [-0.25, -0.2) is 0 Å². The number of hydrogen-bond donors (Lipinski definition) is 2. The van der Waals surface area contributed by atoms with Crippen LogP contribution < -0.4 is 11.1 Å². The molecule has 0 aliphatic carbocycles. The van der Waals surface area contributed by atoms with E-state index in [0.29, 0.717) is 12.5 Å². The number of anilines is 1. The van der Waals surface area contributed by atoms with E-state index in [-0.39, 0.29) is 0 Å². The van der Waals surface area contributed by atoms with E-state index in [2.05, 4.69) is 12.2 Å². The van der Waals surface area contributed by atoms with Crippen molar-refractivity contribution in [2.75, 3.05) is 18.4 Å². The van der Waals surface area contributed by atoms with Gasteiger partial charge in [0.25, 0.3) is 0 Å². The maximum Gasteiger partial charge on any atom is 0.0637 e. The Morgan fingerprint density at radius 3 is 2.86 bits per heavy atom. The minimum absolute atomic E-state index is 0.464. The van der Waals surface area contributed by atoms with Gasteiger partial charge in [-0.15, -0.1) is 0 Å². The van der Waals surface area contributed by atoms with Crippen LogP contribution in [0.5, 0.6) is 0 Å². The number of aryl methyl sites for hydroxylation is 1. The summed E-state index contributed by atoms with van der Waals surface area (Å²) in [6.45, 7) is 5.71. The average Bonchev–Trinajstić information content (AvgIpc) is 2.19. The van der Waals surface area contributed by atoms with Crippen molar-refractivity contribution in [2.24, 2.45) is 11.7 Å². The van der Waals surface area contributed by atoms with E-state index < -0.39 is 0 Å². The standard InChI is InChI=1S/C11H17ClN2/c1-8-3-4-10(12)11(5-8)14-7-9(2)6-13/h3-5,9,14H,6-7,13H2,1-2H3. The largest absolute Gasteiger partial charge is 0.384 e. The first-order chi connectivity index (χ1) is 6.63. The molecule has 3 N–H and O–H groups in total. The molecule has 14 heavy (non-hydrogen) atoms. The fraction of sp³-hybridized carbons (Fsp3) is 0.455. The van der Waals surface area contributed by atoms with Crippen molar-refractivity contribution in [1.82, 2.24) is 0 Å². The molecule has 0 bridgehead atoms. The summed E-state index contributed by atoms with van der Waals surface area (Å²) < 4.78 is 0. The zero-order valence-corrected chi connectivity index (χ0v) is 9.43. The van der Waals surface area contributed by atoms with Crippen molar-refractivity contribution < 1.29 is 0 Å². The molecule has 0 amide bonds. The summed E-state index contributed by atoms with van der Waals surface area (Å²) >= 11 is 6.03. The van der Waals surface area contributed by atoms with E-state index in [1.165, 1.54) is 5.56 Å². The second-order valence-electron chi connectivity index (χ2n) is 3.71. The van der Waals surface area contributed by atoms with E-state index in [9.17, 15) is 0 Å². The number of rotatable bonds is 4. The van der Waals surface area contributed by atoms with E-state index >= 15 is 0 Å². The Kier molecular flexibility index (Phi) is 4.23. The van der Waals surface area contributed by atoms with Crippen molar-refractivity contribution in [3.8, 4) is 0 Å². The molecule has 0 aromatic heterocycles. The highest BCUT2D eigenvalue weighted by molar-refractivity contribution is 6.33. The van der Waals surface area contributed by atoms with Gasteiger partial charge < -0.3 is 11.1 Å². The van der Waals surface area contributed by atoms with E-state index in [4.69, 9.17) is 17.3 Å². The lowest BCUT2D eigenvalue weighted by Crippen LogP contribution is -2.19. The van der Waals surface area contributed by atoms with Crippen molar-refractivity contribution in [1.29, 1.82) is 0 Å². The fourth-order valence-corrected chi connectivity index (χ4v) is 1.33. The second-order valence-corrected chi connectivity index (χ2v) is 4.11. The molecule has 0 spiro atoms. The fourth-order valence-electron chi connectivity index (χ4n) is 1.14. The Morgan fingerprint density at radius 2 is 2.21 bits per heavy atom. The van der Waals surface area contributed by atoms with Gasteiger partial charge in [-0.2, -0.15) is 0 Å². The lowest BCUT2D eigenvalue weighted by molar-refractivity contribution is 0.628. The summed E-state index contributed by atoms with van der Waals surface area (Å²) in [6, 6.07) is 5.96. The summed E-state index contributed by atoms with van der Waals surface area (Å²) in [5, 5.41) is 4.06. The summed E-state index contributed by atoms with van der Waals surface area (Å²) in [7, 11) is 0. The molecular formula is C11H17ClN2. The van der Waals surface area contributed by atoms with Crippen LogP contribution in [0.15, 0.2) is 18.2 Å². The molecule has 0 heterocycles. The first-order valence-electron chi connectivity index (χ1n) is 4.83. The molecule has 0 aliphatic heterocycles. The summed E-state index contributed by atoms with van der Waals surface area (Å²) in [6.07, 6.45) is 0. The van der Waals surface area contributed by atoms with Crippen LogP contribution in [0.4, 0.5) is 5.69 Å². The quantitative estimate of drug-likeness (QED) is 0.806. The highest BCUT2D eigenvalue weighted by Crippen LogP contribution is 2.22. The molecule has 1 unspecified atom stereocenters. The zero-order chi connectivity index (χ0) is 10.6. The topological polar surface area (TPSA) is 38.0 Å². The van der Waals surface area contributed by atoms with Crippen molar-refractivity contribution >= 4 is 17.3 Å². The number of nitrogens with one attached hydrogen (secondary N) is 1. The first-order valence-corrected chi connectivity index (χ1v) is 5.21. The van der Waals surface area contributed by atoms with Crippen molar-refractivity contribution in [3.63, 3.8) is 0 Å². The number of hydrogen-bond acceptors (Lipinski definition) is 2. The van der Waals surface area contributed by atoms with Crippen LogP contribution in [0.25, 0.3) is 0 Å². The summed E-state index contributed by atoms with van der Waals surface area (Å²) in [5.74, 6) is 0.464. The Hall–Kier alpha value is -0.730. The van der Waals surface area contributed by atoms with Crippen LogP contribution in [-0.4, -0.2) is 13.1 Å². The van der Waals surface area contributed by atoms with Crippen LogP contribution in [0, 0.1) is 12.8 Å². The minimum Gasteiger partial charge on any atom is -0.384 e. The molecular weight excluding hydrogens is 196 g/mol. The molecule has 1 atom stereocenters. The Labute approximate surface area is 90.4 Å². The van der Waals surface area contributed by atoms with E-state index in [1.54, 1.807) is 0 Å². The van der Waals surface area contributed by atoms with Crippen LogP contribution in [-0.2, 0) is 0 Å². The normalized spacial score (nSPS) is 12.6. The van der Waals surface area contributed by atoms with E-state index in [0.717, 1.165) is 17.3 Å². The van der Waals surface area contributed by atoms with Crippen molar-refractivity contribution in [3.05, 3.63) is 28.8 Å². The summed E-state index contributed by atoms with van der Waals surface area (Å²) in [4.78, 5) is 0. The van der Waals surface area contributed by atoms with Crippen LogP contribution >= 0.6 is 11.6 Å². The SMILES string of the molecule is Cc1ccc(Cl)c(NCC(C)CN)c1. The molecule has 1 aromatic carbocycles. The molecule has 0 fully saturated rings. The summed E-state index contributed by atoms with van der Waals surface area (Å²) in [5.41, 5.74) is 7.73. The van der Waals surface area contributed by atoms with Crippen molar-refractivity contribution in [2.45, 2.75) is 13.8 Å². The predicted octanol–water partition coefficient (Wildman–Crippen LogP) is 2.66. The molecule has 1 rings (SSSR count). The highest BCUT2D eigenvalue weighted by Gasteiger charge is 2.02. The van der Waals surface area contributed by atoms with Gasteiger partial charge in [-0.1, -0.05) is 24.6 Å². The van der Waals surface area contributed by atoms with Gasteiger partial charge in [0.2, 0.25) is 0 Å². The van der Waals surface area contributed by atoms with Gasteiger partial charge in [0.1, 0.15) is 0 Å². The maximum atomic E-state index is 6.03. The van der Waals surface area contributed by atoms with Gasteiger partial charge in [-0.05, 0) is 37.1 Å². The minimum atomic E-state index is 0.464. The molecule has 0 saturated heterocycles. The van der Waals surface area contributed by atoms with Gasteiger partial charge in [-0.3, -0.25) is 0 Å². The predicted molar refractivity (Wildman–Crippen MR) is 62.9 cm³/mol. The third kappa shape index (κ3) is 3.20. The zero-order valence-electron chi connectivity index (χ0n) is 8.68. The average molecular weight is 213 g/mol. The highest BCUT2D eigenvalue weighted by atomic mass is 35.5. The van der Waals surface area contributed by atoms with Crippen LogP contribution in [0.1, 0.15) is 12.5 Å². The van der Waals surface area contributed by atoms with Gasteiger partial charge in [0.05, 0.1) is 10.7 Å². The number of benzene rings is 1. The molecule has 0 saturated carbocycles. The van der Waals surface area contributed by atoms with Gasteiger partial charge >= 0.3 is 0 Å². The van der Waals surface area contributed by atoms with Gasteiger partial charge in [0.15, 0.2) is 0 Å². The molecule has 0 aliphatic rings. The lowest BCUT2D eigenvalue weighted by atomic mass is 10.1. The Balaban J connectivity index is 2.62. The number of nitrogens with two attached hydrogens (primary N) is 1. The third-order valence-electron chi connectivity index (χ3n) is 2.17. The second kappa shape index (κ2) is 5.23. The number of halogens is 1. The molecule has 78 valence electrons. The Morgan fingerprint density at radius 1 is 1.50 bits per heavy atom. The van der Waals surface area contributed by atoms with Crippen LogP contribution in [0.3, 0.4) is 0 Å². The monoisotopic (exact) mass is 212 g/mol. The third-order valence-corrected chi connectivity index (χ3v) is 2.49. The Bertz CT molecular complexity index is 299. The first kappa shape index (κ1) is 11.3. The van der Waals surface area contributed by atoms with E-state index in [1.807, 2.05) is 25.1 Å². The van der Waals surface area contributed by atoms with Crippen LogP contribution in [0.2, 0.25) is 5.02 Å². The molecule has 2 nitrogen and oxygen atoms in total. The molecule has 1 aromatic rings. The lowest BCUT2D eigenvalue weighted by Gasteiger charge is -2.12. The maximum absolute atomic E-state index is 6.03.